The summed E-state index contributed by atoms with van der Waals surface area (Å²) < 4.78 is 26.2. The van der Waals surface area contributed by atoms with Gasteiger partial charge in [0.2, 0.25) is 5.91 Å². The summed E-state index contributed by atoms with van der Waals surface area (Å²) in [6.45, 7) is 2.43. The predicted octanol–water partition coefficient (Wildman–Crippen LogP) is 4.66. The van der Waals surface area contributed by atoms with Crippen LogP contribution in [0.2, 0.25) is 0 Å². The highest BCUT2D eigenvalue weighted by Gasteiger charge is 2.34. The second-order valence-corrected chi connectivity index (χ2v) is 13.1. The number of sulfone groups is 1. The first-order chi connectivity index (χ1) is 17.4. The van der Waals surface area contributed by atoms with Gasteiger partial charge in [-0.15, -0.1) is 10.2 Å². The van der Waals surface area contributed by atoms with Crippen molar-refractivity contribution in [3.05, 3.63) is 53.9 Å². The summed E-state index contributed by atoms with van der Waals surface area (Å²) in [4.78, 5) is 14.9. The Kier molecular flexibility index (Phi) is 7.67. The van der Waals surface area contributed by atoms with Gasteiger partial charge in [0.25, 0.3) is 0 Å². The van der Waals surface area contributed by atoms with E-state index in [9.17, 15) is 13.2 Å². The van der Waals surface area contributed by atoms with E-state index in [1.165, 1.54) is 47.4 Å². The van der Waals surface area contributed by atoms with Crippen molar-refractivity contribution in [1.82, 2.24) is 19.7 Å². The van der Waals surface area contributed by atoms with Crippen molar-refractivity contribution < 1.29 is 13.2 Å². The van der Waals surface area contributed by atoms with Gasteiger partial charge in [0.15, 0.2) is 15.0 Å². The van der Waals surface area contributed by atoms with Gasteiger partial charge < -0.3 is 9.47 Å². The molecule has 1 saturated carbocycles. The van der Waals surface area contributed by atoms with Crippen molar-refractivity contribution in [2.45, 2.75) is 69.1 Å². The van der Waals surface area contributed by atoms with E-state index < -0.39 is 9.84 Å². The van der Waals surface area contributed by atoms with E-state index in [1.54, 1.807) is 4.90 Å². The third-order valence-corrected chi connectivity index (χ3v) is 10.2. The Hall–Kier alpha value is -2.39. The highest BCUT2D eigenvalue weighted by molar-refractivity contribution is 7.99. The largest absolute Gasteiger partial charge is 0.338 e. The van der Waals surface area contributed by atoms with Crippen LogP contribution in [-0.4, -0.2) is 63.8 Å². The molecule has 2 aromatic carbocycles. The first kappa shape index (κ1) is 25.3. The lowest BCUT2D eigenvalue weighted by Crippen LogP contribution is -2.42. The van der Waals surface area contributed by atoms with Crippen molar-refractivity contribution in [2.75, 3.05) is 23.8 Å². The van der Waals surface area contributed by atoms with Gasteiger partial charge in [-0.2, -0.15) is 0 Å². The number of benzene rings is 2. The monoisotopic (exact) mass is 526 g/mol. The molecular weight excluding hydrogens is 492 g/mol. The average Bonchev–Trinajstić information content (AvgIpc) is 3.46. The molecule has 2 heterocycles. The van der Waals surface area contributed by atoms with Crippen LogP contribution in [0.4, 0.5) is 0 Å². The lowest BCUT2D eigenvalue weighted by Gasteiger charge is -2.27. The molecule has 2 fully saturated rings. The average molecular weight is 527 g/mol. The molecule has 192 valence electrons. The van der Waals surface area contributed by atoms with Crippen molar-refractivity contribution in [3.8, 4) is 0 Å². The normalized spacial score (nSPS) is 20.1. The fraction of sp³-hybridized carbons (Fsp3) is 0.519. The molecule has 2 aliphatic rings. The summed E-state index contributed by atoms with van der Waals surface area (Å²) in [7, 11) is -3.04. The first-order valence-electron chi connectivity index (χ1n) is 13.0. The maximum atomic E-state index is 13.1. The Bertz CT molecular complexity index is 1330. The van der Waals surface area contributed by atoms with Crippen molar-refractivity contribution in [3.63, 3.8) is 0 Å². The molecule has 0 radical (unpaired) electrons. The highest BCUT2D eigenvalue weighted by Crippen LogP contribution is 2.34. The quantitative estimate of drug-likeness (QED) is 0.397. The lowest BCUT2D eigenvalue weighted by molar-refractivity contribution is -0.129. The molecule has 36 heavy (non-hydrogen) atoms. The summed E-state index contributed by atoms with van der Waals surface area (Å²) in [6, 6.07) is 14.9. The predicted molar refractivity (Wildman–Crippen MR) is 144 cm³/mol. The number of hydrogen-bond acceptors (Lipinski definition) is 6. The molecular formula is C27H34N4O3S2. The van der Waals surface area contributed by atoms with Crippen LogP contribution in [0, 0.1) is 0 Å². The van der Waals surface area contributed by atoms with Crippen molar-refractivity contribution in [2.24, 2.45) is 0 Å². The molecule has 5 rings (SSSR count). The number of aromatic nitrogens is 3. The molecule has 0 bridgehead atoms. The molecule has 9 heteroatoms. The second-order valence-electron chi connectivity index (χ2n) is 9.90. The number of carbonyl (C=O) groups is 1. The van der Waals surface area contributed by atoms with Gasteiger partial charge in [0.05, 0.1) is 17.3 Å². The second kappa shape index (κ2) is 10.9. The zero-order valence-electron chi connectivity index (χ0n) is 20.8. The van der Waals surface area contributed by atoms with Crippen molar-refractivity contribution >= 4 is 38.3 Å². The highest BCUT2D eigenvalue weighted by atomic mass is 32.2. The lowest BCUT2D eigenvalue weighted by atomic mass is 9.95. The molecule has 1 aliphatic heterocycles. The third-order valence-electron chi connectivity index (χ3n) is 7.54. The topological polar surface area (TPSA) is 85.2 Å². The van der Waals surface area contributed by atoms with E-state index >= 15 is 0 Å². The van der Waals surface area contributed by atoms with Gasteiger partial charge in [-0.05, 0) is 42.5 Å². The van der Waals surface area contributed by atoms with Crippen LogP contribution in [0.5, 0.6) is 0 Å². The van der Waals surface area contributed by atoms with E-state index in [-0.39, 0.29) is 29.2 Å². The van der Waals surface area contributed by atoms with Crippen LogP contribution in [0.1, 0.15) is 62.9 Å². The minimum absolute atomic E-state index is 0.0293. The van der Waals surface area contributed by atoms with Crippen LogP contribution in [0.15, 0.2) is 47.6 Å². The molecule has 7 nitrogen and oxygen atoms in total. The maximum absolute atomic E-state index is 13.1. The van der Waals surface area contributed by atoms with E-state index in [0.29, 0.717) is 25.4 Å². The van der Waals surface area contributed by atoms with Gasteiger partial charge in [-0.1, -0.05) is 73.5 Å². The maximum Gasteiger partial charge on any atom is 0.233 e. The van der Waals surface area contributed by atoms with Crippen LogP contribution in [-0.2, 0) is 21.1 Å². The molecule has 1 saturated heterocycles. The zero-order valence-corrected chi connectivity index (χ0v) is 22.4. The van der Waals surface area contributed by atoms with Gasteiger partial charge in [-0.25, -0.2) is 8.42 Å². The number of fused-ring (bicyclic) bond motifs is 1. The fourth-order valence-corrected chi connectivity index (χ4v) is 8.36. The van der Waals surface area contributed by atoms with E-state index in [2.05, 4.69) is 57.2 Å². The fourth-order valence-electron chi connectivity index (χ4n) is 5.72. The molecule has 3 aromatic rings. The van der Waals surface area contributed by atoms with Crippen LogP contribution < -0.4 is 0 Å². The smallest absolute Gasteiger partial charge is 0.233 e. The third kappa shape index (κ3) is 5.47. The Labute approximate surface area is 217 Å². The van der Waals surface area contributed by atoms with E-state index in [4.69, 9.17) is 0 Å². The number of nitrogens with zero attached hydrogens (tertiary/aromatic N) is 4. The molecule has 0 unspecified atom stereocenters. The van der Waals surface area contributed by atoms with Gasteiger partial charge in [0, 0.05) is 25.0 Å². The molecule has 1 aliphatic carbocycles. The Morgan fingerprint density at radius 1 is 1.06 bits per heavy atom. The number of amides is 1. The zero-order chi connectivity index (χ0) is 25.1. The number of carbonyl (C=O) groups excluding carboxylic acids is 1. The minimum Gasteiger partial charge on any atom is -0.338 e. The minimum atomic E-state index is -3.04. The number of hydrogen-bond donors (Lipinski definition) is 0. The molecule has 1 amide bonds. The van der Waals surface area contributed by atoms with Crippen LogP contribution in [0.25, 0.3) is 10.8 Å². The van der Waals surface area contributed by atoms with Crippen LogP contribution >= 0.6 is 11.8 Å². The number of rotatable bonds is 8. The molecule has 1 atom stereocenters. The molecule has 1 aromatic heterocycles. The van der Waals surface area contributed by atoms with E-state index in [1.807, 2.05) is 6.92 Å². The summed E-state index contributed by atoms with van der Waals surface area (Å²) in [5, 5.41) is 12.4. The number of thioether (sulfide) groups is 1. The SMILES string of the molecule is CCN(C(=O)CSc1nnc(Cc2cccc3ccccc23)n1C1CCCCC1)[C@@H]1CCS(=O)(=O)C1. The molecule has 0 N–H and O–H groups in total. The standard InChI is InChI=1S/C27H34N4O3S2/c1-2-30(23-15-16-36(33,34)19-23)26(32)18-35-27-29-28-25(31(27)22-12-4-3-5-13-22)17-21-11-8-10-20-9-6-7-14-24(20)21/h6-11,14,22-23H,2-5,12-13,15-19H2,1H3/t23-/m1/s1. The Balaban J connectivity index is 1.37. The van der Waals surface area contributed by atoms with Crippen LogP contribution in [0.3, 0.4) is 0 Å². The van der Waals surface area contributed by atoms with Gasteiger partial charge in [0.1, 0.15) is 5.82 Å². The Morgan fingerprint density at radius 2 is 1.83 bits per heavy atom. The van der Waals surface area contributed by atoms with E-state index in [0.717, 1.165) is 23.8 Å². The summed E-state index contributed by atoms with van der Waals surface area (Å²) >= 11 is 1.43. The summed E-state index contributed by atoms with van der Waals surface area (Å²) in [5.74, 6) is 1.40. The Morgan fingerprint density at radius 3 is 2.58 bits per heavy atom. The van der Waals surface area contributed by atoms with Crippen molar-refractivity contribution in [1.29, 1.82) is 0 Å². The molecule has 0 spiro atoms. The van der Waals surface area contributed by atoms with Gasteiger partial charge in [-0.3, -0.25) is 4.79 Å². The summed E-state index contributed by atoms with van der Waals surface area (Å²) in [6.07, 6.45) is 7.07. The van der Waals surface area contributed by atoms with Gasteiger partial charge >= 0.3 is 0 Å². The summed E-state index contributed by atoms with van der Waals surface area (Å²) in [5.41, 5.74) is 1.23. The first-order valence-corrected chi connectivity index (χ1v) is 15.8.